The van der Waals surface area contributed by atoms with E-state index in [1.165, 1.54) is 16.3 Å². The molecule has 0 aliphatic heterocycles. The summed E-state index contributed by atoms with van der Waals surface area (Å²) in [7, 11) is 0. The fraction of sp³-hybridized carbons (Fsp3) is 0.353. The zero-order valence-electron chi connectivity index (χ0n) is 11.1. The van der Waals surface area contributed by atoms with Crippen molar-refractivity contribution in [3.05, 3.63) is 48.0 Å². The van der Waals surface area contributed by atoms with E-state index in [9.17, 15) is 4.79 Å². The molecule has 0 aromatic heterocycles. The van der Waals surface area contributed by atoms with Crippen molar-refractivity contribution in [1.82, 2.24) is 0 Å². The van der Waals surface area contributed by atoms with Crippen LogP contribution in [0.2, 0.25) is 0 Å². The molecule has 1 N–H and O–H groups in total. The lowest BCUT2D eigenvalue weighted by Crippen LogP contribution is -1.94. The van der Waals surface area contributed by atoms with Crippen molar-refractivity contribution >= 4 is 16.7 Å². The first kappa shape index (κ1) is 13.6. The molecule has 0 aliphatic carbocycles. The molecule has 2 aromatic rings. The van der Waals surface area contributed by atoms with Crippen molar-refractivity contribution in [3.8, 4) is 0 Å². The Hall–Kier alpha value is -1.83. The Balaban J connectivity index is 1.77. The Labute approximate surface area is 114 Å². The first-order valence-corrected chi connectivity index (χ1v) is 6.95. The summed E-state index contributed by atoms with van der Waals surface area (Å²) in [6.07, 6.45) is 5.44. The van der Waals surface area contributed by atoms with E-state index in [1.807, 2.05) is 0 Å². The second kappa shape index (κ2) is 6.93. The third-order valence-electron chi connectivity index (χ3n) is 3.42. The summed E-state index contributed by atoms with van der Waals surface area (Å²) in [5.41, 5.74) is 1.37. The monoisotopic (exact) mass is 256 g/mol. The number of aliphatic carboxylic acids is 1. The van der Waals surface area contributed by atoms with E-state index in [4.69, 9.17) is 5.11 Å². The fourth-order valence-corrected chi connectivity index (χ4v) is 2.35. The van der Waals surface area contributed by atoms with E-state index >= 15 is 0 Å². The Morgan fingerprint density at radius 1 is 0.895 bits per heavy atom. The van der Waals surface area contributed by atoms with Crippen LogP contribution in [-0.4, -0.2) is 11.1 Å². The quantitative estimate of drug-likeness (QED) is 0.745. The van der Waals surface area contributed by atoms with Gasteiger partial charge in [0.25, 0.3) is 0 Å². The molecule has 0 spiro atoms. The predicted molar refractivity (Wildman–Crippen MR) is 78.4 cm³/mol. The van der Waals surface area contributed by atoms with Gasteiger partial charge in [-0.1, -0.05) is 55.3 Å². The molecule has 2 heteroatoms. The van der Waals surface area contributed by atoms with Gasteiger partial charge < -0.3 is 5.11 Å². The van der Waals surface area contributed by atoms with Crippen molar-refractivity contribution in [1.29, 1.82) is 0 Å². The van der Waals surface area contributed by atoms with Gasteiger partial charge in [0, 0.05) is 6.42 Å². The summed E-state index contributed by atoms with van der Waals surface area (Å²) in [5, 5.41) is 11.1. The van der Waals surface area contributed by atoms with Crippen LogP contribution in [0.1, 0.15) is 37.7 Å². The van der Waals surface area contributed by atoms with Gasteiger partial charge in [-0.2, -0.15) is 0 Å². The second-order valence-electron chi connectivity index (χ2n) is 4.99. The number of rotatable bonds is 7. The van der Waals surface area contributed by atoms with Gasteiger partial charge in [-0.25, -0.2) is 0 Å². The molecule has 0 atom stereocenters. The third kappa shape index (κ3) is 4.40. The number of benzene rings is 2. The van der Waals surface area contributed by atoms with Crippen LogP contribution in [0.25, 0.3) is 10.8 Å². The number of carboxylic acids is 1. The Kier molecular flexibility index (Phi) is 4.96. The zero-order chi connectivity index (χ0) is 13.5. The molecule has 0 fully saturated rings. The summed E-state index contributed by atoms with van der Waals surface area (Å²) >= 11 is 0. The summed E-state index contributed by atoms with van der Waals surface area (Å²) in [6.45, 7) is 0. The van der Waals surface area contributed by atoms with Gasteiger partial charge >= 0.3 is 5.97 Å². The molecule has 2 aromatic carbocycles. The molecule has 0 aliphatic rings. The van der Waals surface area contributed by atoms with Crippen LogP contribution < -0.4 is 0 Å². The molecule has 0 bridgehead atoms. The summed E-state index contributed by atoms with van der Waals surface area (Å²) in [4.78, 5) is 10.4. The first-order valence-electron chi connectivity index (χ1n) is 6.95. The van der Waals surface area contributed by atoms with E-state index in [1.54, 1.807) is 0 Å². The molecular weight excluding hydrogens is 236 g/mol. The van der Waals surface area contributed by atoms with E-state index in [0.717, 1.165) is 32.1 Å². The number of fused-ring (bicyclic) bond motifs is 1. The molecule has 19 heavy (non-hydrogen) atoms. The summed E-state index contributed by atoms with van der Waals surface area (Å²) < 4.78 is 0. The summed E-state index contributed by atoms with van der Waals surface area (Å²) in [6, 6.07) is 15.0. The lowest BCUT2D eigenvalue weighted by molar-refractivity contribution is -0.137. The van der Waals surface area contributed by atoms with Crippen LogP contribution in [0.3, 0.4) is 0 Å². The number of carboxylic acid groups (broad SMARTS) is 1. The van der Waals surface area contributed by atoms with Crippen molar-refractivity contribution in [2.75, 3.05) is 0 Å². The molecule has 2 rings (SSSR count). The fourth-order valence-electron chi connectivity index (χ4n) is 2.35. The Morgan fingerprint density at radius 3 is 2.42 bits per heavy atom. The summed E-state index contributed by atoms with van der Waals surface area (Å²) in [5.74, 6) is -0.686. The van der Waals surface area contributed by atoms with Crippen molar-refractivity contribution in [2.24, 2.45) is 0 Å². The highest BCUT2D eigenvalue weighted by Crippen LogP contribution is 2.17. The average molecular weight is 256 g/mol. The minimum atomic E-state index is -0.686. The minimum absolute atomic E-state index is 0.302. The predicted octanol–water partition coefficient (Wildman–Crippen LogP) is 4.42. The topological polar surface area (TPSA) is 37.3 Å². The molecular formula is C17H20O2. The van der Waals surface area contributed by atoms with Crippen molar-refractivity contribution < 1.29 is 9.90 Å². The molecule has 100 valence electrons. The highest BCUT2D eigenvalue weighted by Gasteiger charge is 1.98. The molecule has 0 radical (unpaired) electrons. The maximum Gasteiger partial charge on any atom is 0.303 e. The standard InChI is InChI=1S/C17H20O2/c18-17(19)10-4-2-1-3-7-14-11-12-15-8-5-6-9-16(15)13-14/h5-6,8-9,11-13H,1-4,7,10H2,(H,18,19). The highest BCUT2D eigenvalue weighted by molar-refractivity contribution is 5.82. The third-order valence-corrected chi connectivity index (χ3v) is 3.42. The van der Waals surface area contributed by atoms with Crippen LogP contribution >= 0.6 is 0 Å². The molecule has 0 unspecified atom stereocenters. The smallest absolute Gasteiger partial charge is 0.303 e. The first-order chi connectivity index (χ1) is 9.25. The molecule has 0 saturated heterocycles. The number of hydrogen-bond acceptors (Lipinski definition) is 1. The SMILES string of the molecule is O=C(O)CCCCCCc1ccc2ccccc2c1. The zero-order valence-corrected chi connectivity index (χ0v) is 11.1. The molecule has 2 nitrogen and oxygen atoms in total. The Bertz CT molecular complexity index is 546. The van der Waals surface area contributed by atoms with Gasteiger partial charge in [-0.15, -0.1) is 0 Å². The van der Waals surface area contributed by atoms with E-state index in [2.05, 4.69) is 42.5 Å². The second-order valence-corrected chi connectivity index (χ2v) is 4.99. The lowest BCUT2D eigenvalue weighted by atomic mass is 10.0. The lowest BCUT2D eigenvalue weighted by Gasteiger charge is -2.04. The van der Waals surface area contributed by atoms with Gasteiger partial charge in [0.1, 0.15) is 0 Å². The molecule has 0 saturated carbocycles. The number of unbranched alkanes of at least 4 members (excludes halogenated alkanes) is 3. The van der Waals surface area contributed by atoms with Gasteiger partial charge in [0.15, 0.2) is 0 Å². The van der Waals surface area contributed by atoms with E-state index in [-0.39, 0.29) is 0 Å². The van der Waals surface area contributed by atoms with Crippen LogP contribution in [0.15, 0.2) is 42.5 Å². The maximum atomic E-state index is 10.4. The van der Waals surface area contributed by atoms with Gasteiger partial charge in [0.2, 0.25) is 0 Å². The van der Waals surface area contributed by atoms with Crippen LogP contribution in [0.4, 0.5) is 0 Å². The number of carbonyl (C=O) groups is 1. The van der Waals surface area contributed by atoms with Crippen LogP contribution in [0.5, 0.6) is 0 Å². The molecule has 0 heterocycles. The van der Waals surface area contributed by atoms with Gasteiger partial charge in [-0.05, 0) is 35.6 Å². The highest BCUT2D eigenvalue weighted by atomic mass is 16.4. The Morgan fingerprint density at radius 2 is 1.63 bits per heavy atom. The minimum Gasteiger partial charge on any atom is -0.481 e. The number of hydrogen-bond donors (Lipinski definition) is 1. The maximum absolute atomic E-state index is 10.4. The van der Waals surface area contributed by atoms with E-state index in [0.29, 0.717) is 6.42 Å². The van der Waals surface area contributed by atoms with Crippen molar-refractivity contribution in [2.45, 2.75) is 38.5 Å². The van der Waals surface area contributed by atoms with Crippen LogP contribution in [-0.2, 0) is 11.2 Å². The normalized spacial score (nSPS) is 10.7. The van der Waals surface area contributed by atoms with Crippen LogP contribution in [0, 0.1) is 0 Å². The van der Waals surface area contributed by atoms with E-state index < -0.39 is 5.97 Å². The average Bonchev–Trinajstić information content (AvgIpc) is 2.42. The number of aryl methyl sites for hydroxylation is 1. The van der Waals surface area contributed by atoms with Crippen molar-refractivity contribution in [3.63, 3.8) is 0 Å². The largest absolute Gasteiger partial charge is 0.481 e. The van der Waals surface area contributed by atoms with Gasteiger partial charge in [-0.3, -0.25) is 4.79 Å². The molecule has 0 amide bonds. The van der Waals surface area contributed by atoms with Gasteiger partial charge in [0.05, 0.1) is 0 Å².